The van der Waals surface area contributed by atoms with Crippen LogP contribution in [0.5, 0.6) is 0 Å². The van der Waals surface area contributed by atoms with Gasteiger partial charge in [0.25, 0.3) is 0 Å². The van der Waals surface area contributed by atoms with E-state index in [1.54, 1.807) is 12.1 Å². The van der Waals surface area contributed by atoms with E-state index in [-0.39, 0.29) is 5.75 Å². The minimum Gasteiger partial charge on any atom is -0.481 e. The highest BCUT2D eigenvalue weighted by Gasteiger charge is 2.10. The standard InChI is InChI=1S/C12H12N4O3S2/c1-7-2-4-8(5-3-7)13-10(19)14-11-15-16-12(21-11)20-6-9(17)18/h2-5H,6H2,1H3,(H,17,18)(H2,13,14,15,19). The van der Waals surface area contributed by atoms with Gasteiger partial charge in [0.15, 0.2) is 4.34 Å². The first-order valence-electron chi connectivity index (χ1n) is 5.86. The van der Waals surface area contributed by atoms with Crippen LogP contribution in [0, 0.1) is 6.92 Å². The van der Waals surface area contributed by atoms with Gasteiger partial charge in [-0.2, -0.15) is 0 Å². The molecule has 1 aromatic heterocycles. The largest absolute Gasteiger partial charge is 0.481 e. The summed E-state index contributed by atoms with van der Waals surface area (Å²) in [5.41, 5.74) is 1.77. The Balaban J connectivity index is 1.87. The van der Waals surface area contributed by atoms with Crippen molar-refractivity contribution in [2.24, 2.45) is 0 Å². The van der Waals surface area contributed by atoms with Crippen LogP contribution in [0.25, 0.3) is 0 Å². The van der Waals surface area contributed by atoms with Gasteiger partial charge in [-0.3, -0.25) is 10.1 Å². The maximum absolute atomic E-state index is 11.8. The van der Waals surface area contributed by atoms with Crippen molar-refractivity contribution in [1.82, 2.24) is 10.2 Å². The number of thioether (sulfide) groups is 1. The summed E-state index contributed by atoms with van der Waals surface area (Å²) in [5, 5.41) is 21.6. The molecule has 0 spiro atoms. The van der Waals surface area contributed by atoms with Gasteiger partial charge in [0, 0.05) is 5.69 Å². The number of carbonyl (C=O) groups is 2. The van der Waals surface area contributed by atoms with Gasteiger partial charge >= 0.3 is 12.0 Å². The summed E-state index contributed by atoms with van der Waals surface area (Å²) in [6.45, 7) is 1.96. The lowest BCUT2D eigenvalue weighted by molar-refractivity contribution is -0.133. The number of aromatic nitrogens is 2. The van der Waals surface area contributed by atoms with Crippen molar-refractivity contribution >= 4 is 45.9 Å². The van der Waals surface area contributed by atoms with Gasteiger partial charge in [-0.1, -0.05) is 40.8 Å². The van der Waals surface area contributed by atoms with Gasteiger partial charge in [0.1, 0.15) is 0 Å². The van der Waals surface area contributed by atoms with Crippen LogP contribution in [0.15, 0.2) is 28.6 Å². The molecule has 7 nitrogen and oxygen atoms in total. The number of urea groups is 1. The van der Waals surface area contributed by atoms with Gasteiger partial charge in [0.05, 0.1) is 5.75 Å². The number of nitrogens with one attached hydrogen (secondary N) is 2. The normalized spacial score (nSPS) is 10.1. The average molecular weight is 324 g/mol. The number of aliphatic carboxylic acids is 1. The molecular weight excluding hydrogens is 312 g/mol. The van der Waals surface area contributed by atoms with E-state index in [0.29, 0.717) is 15.2 Å². The summed E-state index contributed by atoms with van der Waals surface area (Å²) in [6.07, 6.45) is 0. The second-order valence-corrected chi connectivity index (χ2v) is 6.20. The second kappa shape index (κ2) is 7.04. The van der Waals surface area contributed by atoms with E-state index in [1.807, 2.05) is 19.1 Å². The maximum atomic E-state index is 11.8. The zero-order valence-electron chi connectivity index (χ0n) is 11.0. The van der Waals surface area contributed by atoms with E-state index in [4.69, 9.17) is 5.11 Å². The summed E-state index contributed by atoms with van der Waals surface area (Å²) in [5.74, 6) is -1.02. The number of nitrogens with zero attached hydrogens (tertiary/aromatic N) is 2. The SMILES string of the molecule is Cc1ccc(NC(=O)Nc2nnc(SCC(=O)O)s2)cc1. The molecule has 0 saturated carbocycles. The van der Waals surface area contributed by atoms with E-state index >= 15 is 0 Å². The molecule has 9 heteroatoms. The molecule has 110 valence electrons. The van der Waals surface area contributed by atoms with Crippen LogP contribution in [0.3, 0.4) is 0 Å². The highest BCUT2D eigenvalue weighted by Crippen LogP contribution is 2.25. The van der Waals surface area contributed by atoms with Crippen molar-refractivity contribution in [2.75, 3.05) is 16.4 Å². The van der Waals surface area contributed by atoms with Crippen LogP contribution in [-0.4, -0.2) is 33.1 Å². The van der Waals surface area contributed by atoms with Gasteiger partial charge < -0.3 is 10.4 Å². The Labute approximate surface area is 128 Å². The number of aryl methyl sites for hydroxylation is 1. The Morgan fingerprint density at radius 2 is 1.95 bits per heavy atom. The average Bonchev–Trinajstić information content (AvgIpc) is 2.86. The van der Waals surface area contributed by atoms with Gasteiger partial charge in [-0.25, -0.2) is 4.79 Å². The predicted molar refractivity (Wildman–Crippen MR) is 82.1 cm³/mol. The Kier molecular flexibility index (Phi) is 5.12. The van der Waals surface area contributed by atoms with Crippen molar-refractivity contribution < 1.29 is 14.7 Å². The first-order valence-corrected chi connectivity index (χ1v) is 7.66. The number of rotatable bonds is 5. The molecule has 2 rings (SSSR count). The molecule has 1 aromatic carbocycles. The van der Waals surface area contributed by atoms with Crippen molar-refractivity contribution in [3.05, 3.63) is 29.8 Å². The first kappa shape index (κ1) is 15.3. The minimum atomic E-state index is -0.929. The highest BCUT2D eigenvalue weighted by atomic mass is 32.2. The van der Waals surface area contributed by atoms with Crippen LogP contribution in [0.4, 0.5) is 15.6 Å². The number of carboxylic acid groups (broad SMARTS) is 1. The lowest BCUT2D eigenvalue weighted by atomic mass is 10.2. The second-order valence-electron chi connectivity index (χ2n) is 4.00. The number of hydrogen-bond acceptors (Lipinski definition) is 6. The molecule has 0 saturated heterocycles. The van der Waals surface area contributed by atoms with Crippen molar-refractivity contribution in [3.63, 3.8) is 0 Å². The molecule has 0 aliphatic rings. The van der Waals surface area contributed by atoms with E-state index < -0.39 is 12.0 Å². The first-order chi connectivity index (χ1) is 10.0. The van der Waals surface area contributed by atoms with E-state index in [9.17, 15) is 9.59 Å². The molecular formula is C12H12N4O3S2. The molecule has 1 heterocycles. The highest BCUT2D eigenvalue weighted by molar-refractivity contribution is 8.01. The molecule has 3 N–H and O–H groups in total. The molecule has 0 aliphatic carbocycles. The zero-order valence-corrected chi connectivity index (χ0v) is 12.6. The lowest BCUT2D eigenvalue weighted by Gasteiger charge is -2.04. The quantitative estimate of drug-likeness (QED) is 0.577. The molecule has 0 bridgehead atoms. The molecule has 0 radical (unpaired) electrons. The number of hydrogen-bond donors (Lipinski definition) is 3. The van der Waals surface area contributed by atoms with E-state index in [2.05, 4.69) is 20.8 Å². The minimum absolute atomic E-state index is 0.0931. The summed E-state index contributed by atoms with van der Waals surface area (Å²) in [6, 6.07) is 6.94. The van der Waals surface area contributed by atoms with Crippen molar-refractivity contribution in [2.45, 2.75) is 11.3 Å². The van der Waals surface area contributed by atoms with Crippen LogP contribution in [0.2, 0.25) is 0 Å². The van der Waals surface area contributed by atoms with E-state index in [0.717, 1.165) is 28.7 Å². The Hall–Kier alpha value is -2.13. The summed E-state index contributed by atoms with van der Waals surface area (Å²) < 4.78 is 0.489. The number of benzene rings is 1. The van der Waals surface area contributed by atoms with Gasteiger partial charge in [0.2, 0.25) is 5.13 Å². The molecule has 0 fully saturated rings. The Morgan fingerprint density at radius 1 is 1.24 bits per heavy atom. The maximum Gasteiger partial charge on any atom is 0.325 e. The number of amides is 2. The van der Waals surface area contributed by atoms with Crippen molar-refractivity contribution in [3.8, 4) is 0 Å². The summed E-state index contributed by atoms with van der Waals surface area (Å²) >= 11 is 2.18. The fourth-order valence-electron chi connectivity index (χ4n) is 1.34. The monoisotopic (exact) mass is 324 g/mol. The fourth-order valence-corrected chi connectivity index (χ4v) is 2.81. The molecule has 0 aliphatic heterocycles. The summed E-state index contributed by atoms with van der Waals surface area (Å²) in [7, 11) is 0. The van der Waals surface area contributed by atoms with Gasteiger partial charge in [-0.15, -0.1) is 10.2 Å². The number of anilines is 2. The molecule has 2 amide bonds. The van der Waals surface area contributed by atoms with E-state index in [1.165, 1.54) is 0 Å². The van der Waals surface area contributed by atoms with Crippen molar-refractivity contribution in [1.29, 1.82) is 0 Å². The predicted octanol–water partition coefficient (Wildman–Crippen LogP) is 2.67. The number of carbonyl (C=O) groups excluding carboxylic acids is 1. The zero-order chi connectivity index (χ0) is 15.2. The van der Waals surface area contributed by atoms with Crippen LogP contribution in [0.1, 0.15) is 5.56 Å². The third-order valence-electron chi connectivity index (χ3n) is 2.26. The molecule has 0 unspecified atom stereocenters. The molecule has 2 aromatic rings. The number of carboxylic acids is 1. The van der Waals surface area contributed by atoms with Crippen LogP contribution < -0.4 is 10.6 Å². The fraction of sp³-hybridized carbons (Fsp3) is 0.167. The Bertz CT molecular complexity index is 642. The molecule has 21 heavy (non-hydrogen) atoms. The summed E-state index contributed by atoms with van der Waals surface area (Å²) in [4.78, 5) is 22.2. The van der Waals surface area contributed by atoms with Gasteiger partial charge in [-0.05, 0) is 19.1 Å². The molecule has 0 atom stereocenters. The van der Waals surface area contributed by atoms with Crippen LogP contribution >= 0.6 is 23.1 Å². The lowest BCUT2D eigenvalue weighted by Crippen LogP contribution is -2.19. The smallest absolute Gasteiger partial charge is 0.325 e. The third-order valence-corrected chi connectivity index (χ3v) is 4.21. The third kappa shape index (κ3) is 5.04. The topological polar surface area (TPSA) is 104 Å². The Morgan fingerprint density at radius 3 is 2.62 bits per heavy atom. The van der Waals surface area contributed by atoms with Crippen LogP contribution in [-0.2, 0) is 4.79 Å².